The van der Waals surface area contributed by atoms with Gasteiger partial charge in [0, 0.05) is 39.2 Å². The third kappa shape index (κ3) is 4.62. The van der Waals surface area contributed by atoms with E-state index in [0.29, 0.717) is 17.5 Å². The quantitative estimate of drug-likeness (QED) is 0.194. The molecule has 0 N–H and O–H groups in total. The fourth-order valence-electron chi connectivity index (χ4n) is 7.26. The van der Waals surface area contributed by atoms with Gasteiger partial charge in [0.1, 0.15) is 11.3 Å². The van der Waals surface area contributed by atoms with Crippen LogP contribution in [0.1, 0.15) is 18.7 Å². The minimum absolute atomic E-state index is 0.669. The van der Waals surface area contributed by atoms with Gasteiger partial charge in [0.15, 0.2) is 23.1 Å². The summed E-state index contributed by atoms with van der Waals surface area (Å²) in [4.78, 5) is 20.0. The van der Waals surface area contributed by atoms with E-state index in [4.69, 9.17) is 24.4 Å². The summed E-state index contributed by atoms with van der Waals surface area (Å²) in [6.45, 7) is 0. The van der Waals surface area contributed by atoms with Crippen LogP contribution in [0.2, 0.25) is 0 Å². The number of rotatable bonds is 4. The Balaban J connectivity index is 1.15. The summed E-state index contributed by atoms with van der Waals surface area (Å²) in [5, 5.41) is 9.20. The van der Waals surface area contributed by atoms with E-state index in [1.807, 2.05) is 24.4 Å². The second kappa shape index (κ2) is 11.1. The minimum atomic E-state index is 0.669. The first-order valence-corrected chi connectivity index (χ1v) is 16.6. The zero-order valence-electron chi connectivity index (χ0n) is 26.5. The zero-order chi connectivity index (χ0) is 32.3. The molecule has 0 unspecified atom stereocenters. The predicted molar refractivity (Wildman–Crippen MR) is 198 cm³/mol. The van der Waals surface area contributed by atoms with E-state index in [-0.39, 0.29) is 0 Å². The minimum Gasteiger partial charge on any atom is -0.454 e. The number of hydrogen-bond donors (Lipinski definition) is 0. The summed E-state index contributed by atoms with van der Waals surface area (Å²) in [5.74, 6) is 2.05. The lowest BCUT2D eigenvalue weighted by Crippen LogP contribution is -2.30. The highest BCUT2D eigenvalue weighted by molar-refractivity contribution is 6.20. The van der Waals surface area contributed by atoms with Crippen molar-refractivity contribution in [1.82, 2.24) is 19.9 Å². The maximum absolute atomic E-state index is 6.51. The number of fused-ring (bicyclic) bond motifs is 7. The van der Waals surface area contributed by atoms with Gasteiger partial charge in [-0.15, -0.1) is 0 Å². The normalized spacial score (nSPS) is 12.9. The van der Waals surface area contributed by atoms with Gasteiger partial charge in [-0.05, 0) is 69.1 Å². The molecule has 0 amide bonds. The largest absolute Gasteiger partial charge is 0.454 e. The van der Waals surface area contributed by atoms with Gasteiger partial charge in [0.2, 0.25) is 0 Å². The van der Waals surface area contributed by atoms with Crippen molar-refractivity contribution in [3.8, 4) is 34.0 Å². The Hall–Kier alpha value is -6.46. The average Bonchev–Trinajstić information content (AvgIpc) is 3.57. The van der Waals surface area contributed by atoms with Gasteiger partial charge in [0.05, 0.1) is 0 Å². The molecule has 230 valence electrons. The van der Waals surface area contributed by atoms with E-state index < -0.39 is 0 Å². The molecule has 5 heteroatoms. The molecule has 49 heavy (non-hydrogen) atoms. The van der Waals surface area contributed by atoms with E-state index in [2.05, 4.69) is 121 Å². The first-order valence-electron chi connectivity index (χ1n) is 16.6. The summed E-state index contributed by atoms with van der Waals surface area (Å²) in [7, 11) is 0. The van der Waals surface area contributed by atoms with Crippen molar-refractivity contribution >= 4 is 55.1 Å². The molecular weight excluding hydrogens is 601 g/mol. The van der Waals surface area contributed by atoms with Crippen molar-refractivity contribution in [2.24, 2.45) is 0 Å². The molecule has 10 rings (SSSR count). The van der Waals surface area contributed by atoms with Crippen LogP contribution in [0.5, 0.6) is 0 Å². The third-order valence-corrected chi connectivity index (χ3v) is 9.63. The molecule has 0 spiro atoms. The summed E-state index contributed by atoms with van der Waals surface area (Å²) in [5.41, 5.74) is 6.58. The van der Waals surface area contributed by atoms with Crippen molar-refractivity contribution in [2.75, 3.05) is 0 Å². The van der Waals surface area contributed by atoms with Gasteiger partial charge in [-0.3, -0.25) is 4.98 Å². The van der Waals surface area contributed by atoms with Crippen molar-refractivity contribution in [1.29, 1.82) is 0 Å². The van der Waals surface area contributed by atoms with Gasteiger partial charge >= 0.3 is 0 Å². The number of benzene rings is 6. The smallest absolute Gasteiger partial charge is 0.164 e. The van der Waals surface area contributed by atoms with Gasteiger partial charge in [0.25, 0.3) is 0 Å². The molecule has 0 saturated carbocycles. The van der Waals surface area contributed by atoms with Crippen LogP contribution in [0.15, 0.2) is 144 Å². The molecule has 5 nitrogen and oxygen atoms in total. The first-order chi connectivity index (χ1) is 24.3. The molecule has 9 aromatic rings. The standard InChI is InChI=1S/C44H28N4O/c1-2-11-29(12-3-1)42-46-43(33-18-17-27-9-4-5-13-30(27)25-33)48-44(47-42)36-16-8-14-31-26-32(19-21-34(31)36)40-41-37(23-24-45-40)39-35-15-7-6-10-28(35)20-22-38(39)49-41/h1-7,9-15,17-26H,8,16H2. The third-order valence-electron chi connectivity index (χ3n) is 9.63. The Morgan fingerprint density at radius 1 is 0.531 bits per heavy atom. The van der Waals surface area contributed by atoms with Crippen molar-refractivity contribution < 1.29 is 4.42 Å². The molecular formula is C44H28N4O. The van der Waals surface area contributed by atoms with Crippen molar-refractivity contribution in [2.45, 2.75) is 12.8 Å². The van der Waals surface area contributed by atoms with Crippen LogP contribution in [0.4, 0.5) is 0 Å². The van der Waals surface area contributed by atoms with E-state index in [1.54, 1.807) is 0 Å². The number of aromatic nitrogens is 4. The van der Waals surface area contributed by atoms with Crippen LogP contribution < -0.4 is 10.4 Å². The highest BCUT2D eigenvalue weighted by Crippen LogP contribution is 2.38. The number of hydrogen-bond acceptors (Lipinski definition) is 5. The fraction of sp³-hybridized carbons (Fsp3) is 0.0455. The number of nitrogens with zero attached hydrogens (tertiary/aromatic N) is 4. The topological polar surface area (TPSA) is 64.7 Å². The lowest BCUT2D eigenvalue weighted by Gasteiger charge is -2.14. The van der Waals surface area contributed by atoms with E-state index in [1.165, 1.54) is 16.2 Å². The summed E-state index contributed by atoms with van der Waals surface area (Å²) in [6, 6.07) is 46.2. The van der Waals surface area contributed by atoms with Crippen molar-refractivity contribution in [3.63, 3.8) is 0 Å². The highest BCUT2D eigenvalue weighted by Gasteiger charge is 2.19. The molecule has 0 aliphatic heterocycles. The lowest BCUT2D eigenvalue weighted by molar-refractivity contribution is 0.668. The van der Waals surface area contributed by atoms with Crippen LogP contribution in [-0.4, -0.2) is 19.9 Å². The molecule has 0 saturated heterocycles. The summed E-state index contributed by atoms with van der Waals surface area (Å²) < 4.78 is 6.51. The first kappa shape index (κ1) is 27.6. The van der Waals surface area contributed by atoms with E-state index in [9.17, 15) is 0 Å². The van der Waals surface area contributed by atoms with Crippen LogP contribution in [0, 0.1) is 0 Å². The molecule has 0 bridgehead atoms. The predicted octanol–water partition coefficient (Wildman–Crippen LogP) is 9.25. The molecule has 0 fully saturated rings. The second-order valence-corrected chi connectivity index (χ2v) is 12.6. The molecule has 1 aliphatic carbocycles. The van der Waals surface area contributed by atoms with E-state index in [0.717, 1.165) is 78.6 Å². The molecule has 3 aromatic heterocycles. The number of pyridine rings is 1. The van der Waals surface area contributed by atoms with E-state index >= 15 is 0 Å². The summed E-state index contributed by atoms with van der Waals surface area (Å²) >= 11 is 0. The van der Waals surface area contributed by atoms with Gasteiger partial charge < -0.3 is 4.42 Å². The Kier molecular flexibility index (Phi) is 6.24. The maximum atomic E-state index is 6.51. The molecule has 6 aromatic carbocycles. The molecule has 1 aliphatic rings. The molecule has 0 radical (unpaired) electrons. The second-order valence-electron chi connectivity index (χ2n) is 12.6. The van der Waals surface area contributed by atoms with Crippen LogP contribution in [-0.2, 0) is 0 Å². The Morgan fingerprint density at radius 3 is 2.16 bits per heavy atom. The zero-order valence-corrected chi connectivity index (χ0v) is 26.5. The molecule has 0 atom stereocenters. The van der Waals surface area contributed by atoms with Crippen LogP contribution in [0.25, 0.3) is 89.2 Å². The lowest BCUT2D eigenvalue weighted by atomic mass is 9.96. The summed E-state index contributed by atoms with van der Waals surface area (Å²) in [6.07, 6.45) is 5.92. The van der Waals surface area contributed by atoms with Gasteiger partial charge in [-0.2, -0.15) is 0 Å². The number of furan rings is 1. The highest BCUT2D eigenvalue weighted by atomic mass is 16.3. The monoisotopic (exact) mass is 628 g/mol. The molecule has 3 heterocycles. The van der Waals surface area contributed by atoms with Crippen LogP contribution >= 0.6 is 0 Å². The Morgan fingerprint density at radius 2 is 1.27 bits per heavy atom. The average molecular weight is 629 g/mol. The SMILES string of the molecule is C1=c2cc(-c3nccc4c3oc3ccc5ccccc5c34)ccc2=C(c2nc(-c3ccccc3)nc(-c3ccc4ccccc4c3)n2)CC1. The fourth-order valence-corrected chi connectivity index (χ4v) is 7.26. The van der Waals surface area contributed by atoms with Crippen molar-refractivity contribution in [3.05, 3.63) is 156 Å². The van der Waals surface area contributed by atoms with Gasteiger partial charge in [-0.25, -0.2) is 15.0 Å². The van der Waals surface area contributed by atoms with Gasteiger partial charge in [-0.1, -0.05) is 115 Å². The van der Waals surface area contributed by atoms with Crippen LogP contribution in [0.3, 0.4) is 0 Å². The Labute approximate surface area is 281 Å². The Bertz CT molecular complexity index is 2890. The maximum Gasteiger partial charge on any atom is 0.164 e.